The highest BCUT2D eigenvalue weighted by Crippen LogP contribution is 2.46. The predicted octanol–water partition coefficient (Wildman–Crippen LogP) is 9.48. The molecule has 1 aromatic carbocycles. The molecule has 1 saturated carbocycles. The first-order valence-electron chi connectivity index (χ1n) is 16.1. The van der Waals surface area contributed by atoms with Crippen LogP contribution in [0.4, 0.5) is 0 Å². The summed E-state index contributed by atoms with van der Waals surface area (Å²) in [5.74, 6) is 0.932. The van der Waals surface area contributed by atoms with E-state index in [1.54, 1.807) is 0 Å². The topological polar surface area (TPSA) is 65.0 Å². The molecule has 7 heteroatoms. The second kappa shape index (κ2) is 15.9. The average molecular weight is 629 g/mol. The van der Waals surface area contributed by atoms with Crippen molar-refractivity contribution >= 4 is 22.6 Å². The molecule has 5 nitrogen and oxygen atoms in total. The molecular formula is C36H60O5Si2. The van der Waals surface area contributed by atoms with Crippen LogP contribution >= 0.6 is 0 Å². The highest BCUT2D eigenvalue weighted by molar-refractivity contribution is 6.74. The van der Waals surface area contributed by atoms with Gasteiger partial charge < -0.3 is 18.7 Å². The lowest BCUT2D eigenvalue weighted by atomic mass is 9.88. The highest BCUT2D eigenvalue weighted by atomic mass is 28.4. The molecule has 242 valence electrons. The zero-order chi connectivity index (χ0) is 32.5. The number of carbonyl (C=O) groups excluding carboxylic acids is 1. The lowest BCUT2D eigenvalue weighted by molar-refractivity contribution is -0.151. The van der Waals surface area contributed by atoms with Gasteiger partial charge in [-0.05, 0) is 74.1 Å². The number of benzene rings is 1. The quantitative estimate of drug-likeness (QED) is 0.0806. The summed E-state index contributed by atoms with van der Waals surface area (Å²) in [4.78, 5) is 24.0. The van der Waals surface area contributed by atoms with Crippen LogP contribution in [0, 0.1) is 17.8 Å². The number of unbranched alkanes of at least 4 members (excludes halogenated alkanes) is 1. The minimum absolute atomic E-state index is 0.0552. The molecule has 43 heavy (non-hydrogen) atoms. The normalized spacial score (nSPS) is 22.4. The van der Waals surface area contributed by atoms with Crippen molar-refractivity contribution in [3.05, 3.63) is 67.8 Å². The Hall–Kier alpha value is -1.94. The predicted molar refractivity (Wildman–Crippen MR) is 185 cm³/mol. The van der Waals surface area contributed by atoms with Gasteiger partial charge in [0.2, 0.25) is 0 Å². The van der Waals surface area contributed by atoms with Crippen molar-refractivity contribution in [2.24, 2.45) is 17.8 Å². The molecule has 1 N–H and O–H groups in total. The first-order valence-corrected chi connectivity index (χ1v) is 21.9. The number of ether oxygens (including phenoxy) is 2. The van der Waals surface area contributed by atoms with Crippen LogP contribution in [-0.2, 0) is 14.0 Å². The Morgan fingerprint density at radius 1 is 1.05 bits per heavy atom. The summed E-state index contributed by atoms with van der Waals surface area (Å²) in [6.07, 6.45) is 12.3. The van der Waals surface area contributed by atoms with E-state index in [-0.39, 0.29) is 46.0 Å². The Balaban J connectivity index is 2.43. The monoisotopic (exact) mass is 628 g/mol. The van der Waals surface area contributed by atoms with Crippen molar-refractivity contribution in [3.63, 3.8) is 0 Å². The molecule has 0 amide bonds. The lowest BCUT2D eigenvalue weighted by Gasteiger charge is -2.40. The van der Waals surface area contributed by atoms with Crippen LogP contribution in [0.15, 0.2) is 67.8 Å². The maximum Gasteiger partial charge on any atom is 0.306 e. The van der Waals surface area contributed by atoms with Crippen LogP contribution in [0.2, 0.25) is 36.3 Å². The number of rotatable bonds is 17. The highest BCUT2D eigenvalue weighted by Gasteiger charge is 2.48. The van der Waals surface area contributed by atoms with Crippen molar-refractivity contribution in [3.8, 4) is 5.75 Å². The van der Waals surface area contributed by atoms with Crippen molar-refractivity contribution in [2.75, 3.05) is 6.61 Å². The van der Waals surface area contributed by atoms with E-state index in [4.69, 9.17) is 13.9 Å². The van der Waals surface area contributed by atoms with Crippen molar-refractivity contribution in [1.29, 1.82) is 0 Å². The summed E-state index contributed by atoms with van der Waals surface area (Å²) in [7, 11) is -4.54. The fourth-order valence-electron chi connectivity index (χ4n) is 5.38. The molecule has 5 atom stereocenters. The van der Waals surface area contributed by atoms with Crippen LogP contribution in [-0.4, -0.2) is 46.2 Å². The molecular weight excluding hydrogens is 569 g/mol. The van der Waals surface area contributed by atoms with E-state index in [1.807, 2.05) is 55.6 Å². The van der Waals surface area contributed by atoms with E-state index in [9.17, 15) is 9.59 Å². The number of esters is 1. The van der Waals surface area contributed by atoms with Crippen LogP contribution in [0.5, 0.6) is 5.75 Å². The molecule has 1 aliphatic carbocycles. The van der Waals surface area contributed by atoms with Crippen LogP contribution in [0.3, 0.4) is 0 Å². The molecule has 0 aromatic heterocycles. The molecule has 0 radical (unpaired) electrons. The number of hydrogen-bond donors (Lipinski definition) is 1. The van der Waals surface area contributed by atoms with Crippen LogP contribution in [0.25, 0.3) is 0 Å². The second-order valence-electron chi connectivity index (χ2n) is 15.0. The molecule has 0 saturated heterocycles. The zero-order valence-electron chi connectivity index (χ0n) is 28.5. The van der Waals surface area contributed by atoms with E-state index in [0.29, 0.717) is 19.4 Å². The van der Waals surface area contributed by atoms with Gasteiger partial charge in [-0.15, -0.1) is 13.2 Å². The summed E-state index contributed by atoms with van der Waals surface area (Å²) in [6, 6.07) is 9.90. The third-order valence-electron chi connectivity index (χ3n) is 9.87. The maximum atomic E-state index is 12.8. The second-order valence-corrected chi connectivity index (χ2v) is 24.3. The van der Waals surface area contributed by atoms with Crippen molar-refractivity contribution < 1.29 is 23.5 Å². The van der Waals surface area contributed by atoms with Gasteiger partial charge >= 0.3 is 5.97 Å². The Morgan fingerprint density at radius 2 is 1.70 bits per heavy atom. The first-order chi connectivity index (χ1) is 19.9. The summed E-state index contributed by atoms with van der Waals surface area (Å²) in [5.41, 5.74) is 0. The van der Waals surface area contributed by atoms with E-state index >= 15 is 0 Å². The SMILES string of the molecule is C=CCCCC(=O)O[C@H]1C[C@@H](O[Si](C)(C)C(C)(C)C)[C@H](/C=C/[C@H](COc2ccccc2)CC(C)(C)[Si](C)(C)O)[C@H]1CC=C. The molecule has 0 aliphatic heterocycles. The van der Waals surface area contributed by atoms with Gasteiger partial charge in [0.15, 0.2) is 16.6 Å². The summed E-state index contributed by atoms with van der Waals surface area (Å²) < 4.78 is 19.5. The molecule has 0 spiro atoms. The minimum Gasteiger partial charge on any atom is -0.493 e. The molecule has 0 unspecified atom stereocenters. The van der Waals surface area contributed by atoms with E-state index in [2.05, 4.69) is 73.0 Å². The molecule has 1 aliphatic rings. The number of hydrogen-bond acceptors (Lipinski definition) is 5. The van der Waals surface area contributed by atoms with Gasteiger partial charge in [-0.1, -0.05) is 77.1 Å². The number of allylic oxidation sites excluding steroid dienone is 2. The van der Waals surface area contributed by atoms with E-state index < -0.39 is 16.6 Å². The van der Waals surface area contributed by atoms with Gasteiger partial charge in [-0.2, -0.15) is 0 Å². The Morgan fingerprint density at radius 3 is 2.26 bits per heavy atom. The van der Waals surface area contributed by atoms with Crippen molar-refractivity contribution in [1.82, 2.24) is 0 Å². The molecule has 0 bridgehead atoms. The largest absolute Gasteiger partial charge is 0.493 e. The molecule has 2 rings (SSSR count). The van der Waals surface area contributed by atoms with Gasteiger partial charge in [0.05, 0.1) is 12.7 Å². The fraction of sp³-hybridized carbons (Fsp3) is 0.639. The van der Waals surface area contributed by atoms with Gasteiger partial charge in [-0.25, -0.2) is 0 Å². The fourth-order valence-corrected chi connectivity index (χ4v) is 7.51. The number of carbonyl (C=O) groups is 1. The maximum absolute atomic E-state index is 12.8. The Kier molecular flexibility index (Phi) is 13.7. The van der Waals surface area contributed by atoms with E-state index in [0.717, 1.165) is 31.4 Å². The van der Waals surface area contributed by atoms with Gasteiger partial charge in [0, 0.05) is 30.6 Å². The third kappa shape index (κ3) is 11.2. The molecule has 1 fully saturated rings. The smallest absolute Gasteiger partial charge is 0.306 e. The molecule has 0 heterocycles. The standard InChI is InChI=1S/C36H60O5Si2/c1-12-14-16-22-34(37)40-32-25-33(41-43(10,11)35(3,4)5)31(30(32)19-13-2)24-23-28(26-36(6,7)42(8,9)38)27-39-29-20-17-15-18-21-29/h12-13,15,17-18,20-21,23-24,28,30-33,38H,1-2,14,16,19,22,25-27H2,3-11H3/b24-23+/t28-,30+,31+,32-,33+/m0/s1. The van der Waals surface area contributed by atoms with Crippen molar-refractivity contribution in [2.45, 2.75) is 122 Å². The van der Waals surface area contributed by atoms with Gasteiger partial charge in [-0.3, -0.25) is 4.79 Å². The average Bonchev–Trinajstić information content (AvgIpc) is 3.19. The third-order valence-corrected chi connectivity index (χ3v) is 17.9. The first kappa shape index (κ1) is 37.3. The van der Waals surface area contributed by atoms with E-state index in [1.165, 1.54) is 0 Å². The molecule has 1 aromatic rings. The minimum atomic E-state index is -2.44. The zero-order valence-corrected chi connectivity index (χ0v) is 30.5. The Labute approximate surface area is 265 Å². The van der Waals surface area contributed by atoms with Gasteiger partial charge in [0.1, 0.15) is 11.9 Å². The summed E-state index contributed by atoms with van der Waals surface area (Å²) in [5, 5.41) is -0.152. The van der Waals surface area contributed by atoms with Crippen LogP contribution in [0.1, 0.15) is 73.1 Å². The summed E-state index contributed by atoms with van der Waals surface area (Å²) in [6.45, 7) is 28.1. The number of para-hydroxylation sites is 1. The lowest BCUT2D eigenvalue weighted by Crippen LogP contribution is -2.45. The Bertz CT molecular complexity index is 1050. The van der Waals surface area contributed by atoms with Gasteiger partial charge in [0.25, 0.3) is 0 Å². The summed E-state index contributed by atoms with van der Waals surface area (Å²) >= 11 is 0. The van der Waals surface area contributed by atoms with Crippen LogP contribution < -0.4 is 4.74 Å².